The number of ether oxygens (including phenoxy) is 1. The number of rotatable bonds is 6. The third-order valence-corrected chi connectivity index (χ3v) is 4.29. The molecule has 1 aliphatic heterocycles. The summed E-state index contributed by atoms with van der Waals surface area (Å²) < 4.78 is 5.76. The van der Waals surface area contributed by atoms with Gasteiger partial charge in [0.1, 0.15) is 6.04 Å². The third kappa shape index (κ3) is 3.84. The van der Waals surface area contributed by atoms with Gasteiger partial charge < -0.3 is 10.1 Å². The molecular formula is C16H24N4O2. The molecule has 120 valence electrons. The van der Waals surface area contributed by atoms with E-state index in [1.54, 1.807) is 0 Å². The highest BCUT2D eigenvalue weighted by Gasteiger charge is 2.33. The van der Waals surface area contributed by atoms with Crippen LogP contribution in [0.3, 0.4) is 0 Å². The molecule has 1 saturated carbocycles. The highest BCUT2D eigenvalue weighted by molar-refractivity contribution is 5.83. The van der Waals surface area contributed by atoms with Gasteiger partial charge in [-0.3, -0.25) is 4.79 Å². The molecule has 3 rings (SSSR count). The molecule has 2 unspecified atom stereocenters. The molecule has 1 amide bonds. The number of benzene rings is 1. The number of amides is 1. The second-order valence-corrected chi connectivity index (χ2v) is 5.85. The molecule has 22 heavy (non-hydrogen) atoms. The maximum Gasteiger partial charge on any atom is 0.240 e. The van der Waals surface area contributed by atoms with Gasteiger partial charge in [0.2, 0.25) is 5.91 Å². The van der Waals surface area contributed by atoms with Gasteiger partial charge in [-0.05, 0) is 18.4 Å². The Morgan fingerprint density at radius 2 is 1.95 bits per heavy atom. The van der Waals surface area contributed by atoms with E-state index in [4.69, 9.17) is 4.74 Å². The standard InChI is InChI=1S/C16H24N4O2/c21-16(17-10-11-22-13-8-4-5-9-13)15-14(18-20-19-15)12-6-2-1-3-7-12/h1-3,6-7,13-15,18-20H,4-5,8-11H2,(H,17,21). The first-order valence-electron chi connectivity index (χ1n) is 8.05. The van der Waals surface area contributed by atoms with Crippen molar-refractivity contribution >= 4 is 5.91 Å². The van der Waals surface area contributed by atoms with Crippen LogP contribution in [-0.4, -0.2) is 31.2 Å². The first kappa shape index (κ1) is 15.4. The van der Waals surface area contributed by atoms with Gasteiger partial charge in [-0.25, -0.2) is 10.9 Å². The lowest BCUT2D eigenvalue weighted by Gasteiger charge is -2.18. The van der Waals surface area contributed by atoms with E-state index in [-0.39, 0.29) is 18.0 Å². The number of hydrogen-bond donors (Lipinski definition) is 4. The van der Waals surface area contributed by atoms with E-state index < -0.39 is 0 Å². The van der Waals surface area contributed by atoms with Crippen LogP contribution >= 0.6 is 0 Å². The number of hydrazine groups is 2. The molecule has 1 aliphatic carbocycles. The lowest BCUT2D eigenvalue weighted by atomic mass is 10.0. The van der Waals surface area contributed by atoms with Crippen molar-refractivity contribution in [1.82, 2.24) is 21.7 Å². The summed E-state index contributed by atoms with van der Waals surface area (Å²) in [6, 6.07) is 9.51. The molecule has 2 aliphatic rings. The molecule has 4 N–H and O–H groups in total. The number of hydrogen-bond acceptors (Lipinski definition) is 5. The lowest BCUT2D eigenvalue weighted by molar-refractivity contribution is -0.123. The zero-order chi connectivity index (χ0) is 15.2. The number of nitrogens with one attached hydrogen (secondary N) is 4. The van der Waals surface area contributed by atoms with Gasteiger partial charge in [0.25, 0.3) is 0 Å². The summed E-state index contributed by atoms with van der Waals surface area (Å²) in [5.41, 5.74) is 9.98. The zero-order valence-corrected chi connectivity index (χ0v) is 12.7. The molecule has 0 spiro atoms. The van der Waals surface area contributed by atoms with Crippen molar-refractivity contribution in [2.24, 2.45) is 0 Å². The monoisotopic (exact) mass is 304 g/mol. The highest BCUT2D eigenvalue weighted by Crippen LogP contribution is 2.20. The van der Waals surface area contributed by atoms with Crippen molar-refractivity contribution in [2.45, 2.75) is 43.9 Å². The minimum atomic E-state index is -0.339. The fraction of sp³-hybridized carbons (Fsp3) is 0.562. The molecule has 0 radical (unpaired) electrons. The Morgan fingerprint density at radius 1 is 1.18 bits per heavy atom. The van der Waals surface area contributed by atoms with Crippen molar-refractivity contribution < 1.29 is 9.53 Å². The van der Waals surface area contributed by atoms with Crippen LogP contribution in [0.25, 0.3) is 0 Å². The smallest absolute Gasteiger partial charge is 0.240 e. The van der Waals surface area contributed by atoms with Crippen LogP contribution in [0.4, 0.5) is 0 Å². The van der Waals surface area contributed by atoms with Crippen molar-refractivity contribution in [3.63, 3.8) is 0 Å². The minimum Gasteiger partial charge on any atom is -0.376 e. The summed E-state index contributed by atoms with van der Waals surface area (Å²) in [7, 11) is 0. The molecular weight excluding hydrogens is 280 g/mol. The van der Waals surface area contributed by atoms with E-state index in [0.29, 0.717) is 19.3 Å². The topological polar surface area (TPSA) is 74.4 Å². The SMILES string of the molecule is O=C(NCCOC1CCCC1)C1NNNC1c1ccccc1. The van der Waals surface area contributed by atoms with Gasteiger partial charge in [0.15, 0.2) is 0 Å². The summed E-state index contributed by atoms with van der Waals surface area (Å²) in [6.45, 7) is 1.13. The van der Waals surface area contributed by atoms with Gasteiger partial charge >= 0.3 is 0 Å². The minimum absolute atomic E-state index is 0.0265. The van der Waals surface area contributed by atoms with E-state index in [0.717, 1.165) is 18.4 Å². The summed E-state index contributed by atoms with van der Waals surface area (Å²) in [6.07, 6.45) is 5.23. The molecule has 0 aromatic heterocycles. The molecule has 6 heteroatoms. The molecule has 1 saturated heterocycles. The van der Waals surface area contributed by atoms with Gasteiger partial charge in [-0.15, -0.1) is 0 Å². The van der Waals surface area contributed by atoms with Gasteiger partial charge in [-0.2, -0.15) is 5.53 Å². The molecule has 2 atom stereocenters. The third-order valence-electron chi connectivity index (χ3n) is 4.29. The van der Waals surface area contributed by atoms with Gasteiger partial charge in [0, 0.05) is 6.54 Å². The molecule has 2 fully saturated rings. The Kier molecular flexibility index (Phi) is 5.39. The average Bonchev–Trinajstić information content (AvgIpc) is 3.23. The van der Waals surface area contributed by atoms with Crippen LogP contribution in [0.15, 0.2) is 30.3 Å². The van der Waals surface area contributed by atoms with E-state index in [1.165, 1.54) is 12.8 Å². The fourth-order valence-electron chi connectivity index (χ4n) is 3.08. The summed E-state index contributed by atoms with van der Waals surface area (Å²) in [5, 5.41) is 2.94. The molecule has 0 bridgehead atoms. The number of carbonyl (C=O) groups excluding carboxylic acids is 1. The van der Waals surface area contributed by atoms with Crippen molar-refractivity contribution in [1.29, 1.82) is 0 Å². The van der Waals surface area contributed by atoms with Crippen LogP contribution in [0.1, 0.15) is 37.3 Å². The lowest BCUT2D eigenvalue weighted by Crippen LogP contribution is -2.46. The molecule has 6 nitrogen and oxygen atoms in total. The highest BCUT2D eigenvalue weighted by atomic mass is 16.5. The van der Waals surface area contributed by atoms with Gasteiger partial charge in [-0.1, -0.05) is 43.2 Å². The molecule has 1 aromatic rings. The second-order valence-electron chi connectivity index (χ2n) is 5.85. The quantitative estimate of drug-likeness (QED) is 0.585. The maximum absolute atomic E-state index is 12.3. The number of carbonyl (C=O) groups is 1. The Morgan fingerprint density at radius 3 is 2.73 bits per heavy atom. The molecule has 1 aromatic carbocycles. The van der Waals surface area contributed by atoms with Crippen LogP contribution in [0, 0.1) is 0 Å². The van der Waals surface area contributed by atoms with E-state index in [9.17, 15) is 4.79 Å². The first-order chi connectivity index (χ1) is 10.8. The predicted octanol–water partition coefficient (Wildman–Crippen LogP) is 0.784. The summed E-state index contributed by atoms with van der Waals surface area (Å²) >= 11 is 0. The Labute approximate surface area is 130 Å². The summed E-state index contributed by atoms with van der Waals surface area (Å²) in [5.74, 6) is -0.0265. The van der Waals surface area contributed by atoms with E-state index in [1.807, 2.05) is 30.3 Å². The Bertz CT molecular complexity index is 476. The largest absolute Gasteiger partial charge is 0.376 e. The first-order valence-corrected chi connectivity index (χ1v) is 8.05. The fourth-order valence-corrected chi connectivity index (χ4v) is 3.08. The second kappa shape index (κ2) is 7.69. The summed E-state index contributed by atoms with van der Waals surface area (Å²) in [4.78, 5) is 12.3. The van der Waals surface area contributed by atoms with Crippen molar-refractivity contribution in [3.05, 3.63) is 35.9 Å². The van der Waals surface area contributed by atoms with Crippen LogP contribution in [0.2, 0.25) is 0 Å². The molecule has 1 heterocycles. The zero-order valence-electron chi connectivity index (χ0n) is 12.7. The van der Waals surface area contributed by atoms with Crippen LogP contribution in [-0.2, 0) is 9.53 Å². The Balaban J connectivity index is 1.44. The van der Waals surface area contributed by atoms with Crippen LogP contribution in [0.5, 0.6) is 0 Å². The van der Waals surface area contributed by atoms with E-state index in [2.05, 4.69) is 21.7 Å². The van der Waals surface area contributed by atoms with Crippen molar-refractivity contribution in [3.8, 4) is 0 Å². The predicted molar refractivity (Wildman–Crippen MR) is 83.6 cm³/mol. The normalized spacial score (nSPS) is 25.5. The van der Waals surface area contributed by atoms with Crippen molar-refractivity contribution in [2.75, 3.05) is 13.2 Å². The maximum atomic E-state index is 12.3. The van der Waals surface area contributed by atoms with E-state index >= 15 is 0 Å². The van der Waals surface area contributed by atoms with Gasteiger partial charge in [0.05, 0.1) is 18.8 Å². The van der Waals surface area contributed by atoms with Crippen LogP contribution < -0.4 is 21.7 Å². The Hall–Kier alpha value is -1.47. The average molecular weight is 304 g/mol.